The molecule has 0 aliphatic heterocycles. The molecule has 0 spiro atoms. The number of alkyl halides is 6. The van der Waals surface area contributed by atoms with Crippen molar-refractivity contribution in [3.8, 4) is 0 Å². The summed E-state index contributed by atoms with van der Waals surface area (Å²) in [6.07, 6.45) is -7.56. The molecule has 2 atom stereocenters. The van der Waals surface area contributed by atoms with E-state index >= 15 is 0 Å². The number of benzene rings is 1. The molecule has 2 N–H and O–H groups in total. The summed E-state index contributed by atoms with van der Waals surface area (Å²) >= 11 is 3.48. The quantitative estimate of drug-likeness (QED) is 0.532. The van der Waals surface area contributed by atoms with Crippen LogP contribution >= 0.6 is 15.9 Å². The van der Waals surface area contributed by atoms with Crippen molar-refractivity contribution in [3.63, 3.8) is 0 Å². The lowest BCUT2D eigenvalue weighted by atomic mass is 9.96. The summed E-state index contributed by atoms with van der Waals surface area (Å²) in [6, 6.07) is 0.448. The van der Waals surface area contributed by atoms with Crippen LogP contribution in [0.5, 0.6) is 0 Å². The van der Waals surface area contributed by atoms with E-state index in [-0.39, 0.29) is 6.07 Å². The number of halogens is 7. The third-order valence-electron chi connectivity index (χ3n) is 4.57. The van der Waals surface area contributed by atoms with Crippen LogP contribution in [0.15, 0.2) is 28.3 Å². The molecule has 0 amide bonds. The van der Waals surface area contributed by atoms with Gasteiger partial charge in [-0.25, -0.2) is 0 Å². The molecule has 1 aliphatic rings. The van der Waals surface area contributed by atoms with Crippen LogP contribution in [0.25, 0.3) is 0 Å². The van der Waals surface area contributed by atoms with Gasteiger partial charge in [0, 0.05) is 12.6 Å². The predicted octanol–water partition coefficient (Wildman–Crippen LogP) is 5.96. The lowest BCUT2D eigenvalue weighted by molar-refractivity contribution is -0.143. The first kappa shape index (κ1) is 22.2. The highest BCUT2D eigenvalue weighted by molar-refractivity contribution is 9.11. The highest BCUT2D eigenvalue weighted by Gasteiger charge is 2.37. The van der Waals surface area contributed by atoms with E-state index in [2.05, 4.69) is 21.2 Å². The highest BCUT2D eigenvalue weighted by Crippen LogP contribution is 2.38. The van der Waals surface area contributed by atoms with Gasteiger partial charge >= 0.3 is 12.4 Å². The molecule has 1 aromatic rings. The molecule has 0 saturated heterocycles. The second-order valence-electron chi connectivity index (χ2n) is 6.67. The Morgan fingerprint density at radius 1 is 1.00 bits per heavy atom. The molecule has 1 aliphatic carbocycles. The SMILES string of the molecule is CC(NCC1=C(Br)CCCC1)C(O)c1cc(C(F)(F)F)cc(C(F)(F)F)c1. The van der Waals surface area contributed by atoms with E-state index in [1.165, 1.54) is 6.92 Å². The Hall–Kier alpha value is -1.06. The fourth-order valence-corrected chi connectivity index (χ4v) is 3.57. The van der Waals surface area contributed by atoms with E-state index in [1.54, 1.807) is 0 Å². The van der Waals surface area contributed by atoms with Gasteiger partial charge in [-0.2, -0.15) is 26.3 Å². The molecule has 0 fully saturated rings. The fourth-order valence-electron chi connectivity index (χ4n) is 2.95. The number of allylic oxidation sites excluding steroid dienone is 1. The highest BCUT2D eigenvalue weighted by atomic mass is 79.9. The second-order valence-corrected chi connectivity index (χ2v) is 7.63. The molecule has 27 heavy (non-hydrogen) atoms. The van der Waals surface area contributed by atoms with Gasteiger partial charge in [-0.3, -0.25) is 0 Å². The molecular formula is C18H20BrF6NO. The molecule has 2 unspecified atom stereocenters. The summed E-state index contributed by atoms with van der Waals surface area (Å²) in [7, 11) is 0. The van der Waals surface area contributed by atoms with Crippen LogP contribution in [0.2, 0.25) is 0 Å². The first-order chi connectivity index (χ1) is 12.4. The summed E-state index contributed by atoms with van der Waals surface area (Å²) in [5.41, 5.74) is -2.19. The lowest BCUT2D eigenvalue weighted by Crippen LogP contribution is -2.34. The van der Waals surface area contributed by atoms with Gasteiger partial charge in [-0.1, -0.05) is 15.9 Å². The van der Waals surface area contributed by atoms with Crippen LogP contribution < -0.4 is 5.32 Å². The zero-order valence-electron chi connectivity index (χ0n) is 14.5. The smallest absolute Gasteiger partial charge is 0.387 e. The Morgan fingerprint density at radius 3 is 2.00 bits per heavy atom. The Bertz CT molecular complexity index is 666. The molecule has 0 aromatic heterocycles. The lowest BCUT2D eigenvalue weighted by Gasteiger charge is -2.25. The van der Waals surface area contributed by atoms with Crippen LogP contribution in [-0.4, -0.2) is 17.7 Å². The largest absolute Gasteiger partial charge is 0.416 e. The van der Waals surface area contributed by atoms with Crippen molar-refractivity contribution in [2.45, 2.75) is 57.1 Å². The van der Waals surface area contributed by atoms with Crippen LogP contribution in [0, 0.1) is 0 Å². The average molecular weight is 460 g/mol. The third-order valence-corrected chi connectivity index (χ3v) is 5.53. The van der Waals surface area contributed by atoms with Crippen molar-refractivity contribution >= 4 is 15.9 Å². The van der Waals surface area contributed by atoms with Gasteiger partial charge in [-0.05, 0) is 66.4 Å². The summed E-state index contributed by atoms with van der Waals surface area (Å²) in [5.74, 6) is 0. The topological polar surface area (TPSA) is 32.3 Å². The van der Waals surface area contributed by atoms with Gasteiger partial charge in [0.2, 0.25) is 0 Å². The van der Waals surface area contributed by atoms with E-state index < -0.39 is 41.2 Å². The van der Waals surface area contributed by atoms with Gasteiger partial charge in [-0.15, -0.1) is 0 Å². The Balaban J connectivity index is 2.22. The van der Waals surface area contributed by atoms with Crippen LogP contribution in [0.3, 0.4) is 0 Å². The van der Waals surface area contributed by atoms with Crippen molar-refractivity contribution in [3.05, 3.63) is 44.9 Å². The van der Waals surface area contributed by atoms with Crippen molar-refractivity contribution < 1.29 is 31.4 Å². The zero-order valence-corrected chi connectivity index (χ0v) is 16.1. The second kappa shape index (κ2) is 8.53. The standard InChI is InChI=1S/C18H20BrF6NO/c1-10(26-9-11-4-2-3-5-15(11)19)16(27)12-6-13(17(20,21)22)8-14(7-12)18(23,24)25/h6-8,10,16,26-27H,2-5,9H2,1H3. The first-order valence-corrected chi connectivity index (χ1v) is 9.26. The molecule has 0 heterocycles. The normalized spacial score (nSPS) is 18.6. The maximum Gasteiger partial charge on any atom is 0.416 e. The minimum atomic E-state index is -4.94. The van der Waals surface area contributed by atoms with E-state index in [0.717, 1.165) is 35.7 Å². The molecule has 2 nitrogen and oxygen atoms in total. The molecule has 0 radical (unpaired) electrons. The number of aliphatic hydroxyl groups is 1. The number of aliphatic hydroxyl groups excluding tert-OH is 1. The van der Waals surface area contributed by atoms with Gasteiger partial charge < -0.3 is 10.4 Å². The van der Waals surface area contributed by atoms with E-state index in [4.69, 9.17) is 0 Å². The maximum atomic E-state index is 13.0. The van der Waals surface area contributed by atoms with Gasteiger partial charge in [0.15, 0.2) is 0 Å². The molecule has 152 valence electrons. The third kappa shape index (κ3) is 5.96. The average Bonchev–Trinajstić information content (AvgIpc) is 2.58. The molecule has 9 heteroatoms. The zero-order chi connectivity index (χ0) is 20.4. The molecule has 0 saturated carbocycles. The summed E-state index contributed by atoms with van der Waals surface area (Å²) in [5, 5.41) is 13.3. The van der Waals surface area contributed by atoms with Gasteiger partial charge in [0.05, 0.1) is 17.2 Å². The molecule has 2 rings (SSSR count). The Kier molecular flexibility index (Phi) is 7.02. The van der Waals surface area contributed by atoms with Crippen molar-refractivity contribution in [2.24, 2.45) is 0 Å². The van der Waals surface area contributed by atoms with Gasteiger partial charge in [0.25, 0.3) is 0 Å². The number of hydrogen-bond donors (Lipinski definition) is 2. The molecule has 1 aromatic carbocycles. The number of hydrogen-bond acceptors (Lipinski definition) is 2. The predicted molar refractivity (Wildman–Crippen MR) is 93.3 cm³/mol. The first-order valence-electron chi connectivity index (χ1n) is 8.47. The Morgan fingerprint density at radius 2 is 1.52 bits per heavy atom. The van der Waals surface area contributed by atoms with E-state index in [0.29, 0.717) is 18.7 Å². The minimum Gasteiger partial charge on any atom is -0.387 e. The number of nitrogens with one attached hydrogen (secondary N) is 1. The summed E-state index contributed by atoms with van der Waals surface area (Å²) in [4.78, 5) is 0. The summed E-state index contributed by atoms with van der Waals surface area (Å²) < 4.78 is 78.8. The van der Waals surface area contributed by atoms with Crippen LogP contribution in [0.4, 0.5) is 26.3 Å². The van der Waals surface area contributed by atoms with Crippen LogP contribution in [0.1, 0.15) is 55.4 Å². The molecule has 0 bridgehead atoms. The fraction of sp³-hybridized carbons (Fsp3) is 0.556. The van der Waals surface area contributed by atoms with Crippen molar-refractivity contribution in [1.29, 1.82) is 0 Å². The van der Waals surface area contributed by atoms with Crippen molar-refractivity contribution in [1.82, 2.24) is 5.32 Å². The summed E-state index contributed by atoms with van der Waals surface area (Å²) in [6.45, 7) is 1.93. The number of rotatable bonds is 5. The van der Waals surface area contributed by atoms with Crippen molar-refractivity contribution in [2.75, 3.05) is 6.54 Å². The van der Waals surface area contributed by atoms with Gasteiger partial charge in [0.1, 0.15) is 0 Å². The molecular weight excluding hydrogens is 440 g/mol. The van der Waals surface area contributed by atoms with E-state index in [9.17, 15) is 31.4 Å². The minimum absolute atomic E-state index is 0.0538. The Labute approximate surface area is 161 Å². The monoisotopic (exact) mass is 459 g/mol. The van der Waals surface area contributed by atoms with Crippen LogP contribution in [-0.2, 0) is 12.4 Å². The van der Waals surface area contributed by atoms with E-state index in [1.807, 2.05) is 0 Å². The maximum absolute atomic E-state index is 13.0.